The molecular formula is C13H12N4O3. The van der Waals surface area contributed by atoms with Crippen molar-refractivity contribution in [2.45, 2.75) is 12.3 Å². The fourth-order valence-corrected chi connectivity index (χ4v) is 2.38. The molecule has 0 radical (unpaired) electrons. The molecule has 1 aliphatic heterocycles. The molecule has 1 aromatic heterocycles. The summed E-state index contributed by atoms with van der Waals surface area (Å²) in [6.45, 7) is 0. The number of nitrogens with zero attached hydrogens (tertiary/aromatic N) is 1. The maximum atomic E-state index is 12.1. The number of hydrogen-bond donors (Lipinski definition) is 4. The van der Waals surface area contributed by atoms with Crippen molar-refractivity contribution in [1.82, 2.24) is 9.97 Å². The van der Waals surface area contributed by atoms with Gasteiger partial charge in [-0.1, -0.05) is 12.1 Å². The Kier molecular flexibility index (Phi) is 2.67. The van der Waals surface area contributed by atoms with E-state index in [1.807, 2.05) is 0 Å². The molecule has 0 spiro atoms. The Labute approximate surface area is 113 Å². The summed E-state index contributed by atoms with van der Waals surface area (Å²) in [4.78, 5) is 30.2. The van der Waals surface area contributed by atoms with Crippen molar-refractivity contribution in [2.75, 3.05) is 11.1 Å². The maximum absolute atomic E-state index is 12.1. The fourth-order valence-electron chi connectivity index (χ4n) is 2.38. The van der Waals surface area contributed by atoms with Gasteiger partial charge in [-0.2, -0.15) is 4.98 Å². The Balaban J connectivity index is 2.17. The molecule has 20 heavy (non-hydrogen) atoms. The van der Waals surface area contributed by atoms with Gasteiger partial charge in [-0.15, -0.1) is 0 Å². The minimum absolute atomic E-state index is 0.0413. The summed E-state index contributed by atoms with van der Waals surface area (Å²) >= 11 is 0. The Morgan fingerprint density at radius 3 is 2.65 bits per heavy atom. The normalized spacial score (nSPS) is 17.4. The van der Waals surface area contributed by atoms with Gasteiger partial charge < -0.3 is 16.2 Å². The molecule has 0 fully saturated rings. The zero-order valence-corrected chi connectivity index (χ0v) is 10.4. The third-order valence-electron chi connectivity index (χ3n) is 3.26. The van der Waals surface area contributed by atoms with Crippen LogP contribution in [-0.4, -0.2) is 21.0 Å². The summed E-state index contributed by atoms with van der Waals surface area (Å²) < 4.78 is 0. The highest BCUT2D eigenvalue weighted by molar-refractivity contribution is 5.94. The number of carbonyl (C=O) groups excluding carboxylic acids is 1. The molecule has 2 aromatic rings. The van der Waals surface area contributed by atoms with Crippen molar-refractivity contribution < 1.29 is 9.90 Å². The van der Waals surface area contributed by atoms with Crippen molar-refractivity contribution in [3.8, 4) is 5.75 Å². The van der Waals surface area contributed by atoms with E-state index in [0.29, 0.717) is 5.56 Å². The highest BCUT2D eigenvalue weighted by Gasteiger charge is 2.30. The number of nitrogen functional groups attached to an aromatic ring is 1. The van der Waals surface area contributed by atoms with Gasteiger partial charge in [0.15, 0.2) is 0 Å². The molecule has 0 saturated carbocycles. The SMILES string of the molecule is Nc1nc2c(c(=O)[nH]1)[C@@H](c1ccc(O)cc1)CC(=O)N2. The molecule has 0 aliphatic carbocycles. The summed E-state index contributed by atoms with van der Waals surface area (Å²) in [5.74, 6) is -0.358. The van der Waals surface area contributed by atoms with E-state index in [2.05, 4.69) is 15.3 Å². The Hall–Kier alpha value is -2.83. The average molecular weight is 272 g/mol. The van der Waals surface area contributed by atoms with E-state index < -0.39 is 5.92 Å². The number of phenolic OH excluding ortho intramolecular Hbond substituents is 1. The molecule has 5 N–H and O–H groups in total. The van der Waals surface area contributed by atoms with Crippen LogP contribution in [0.3, 0.4) is 0 Å². The lowest BCUT2D eigenvalue weighted by molar-refractivity contribution is -0.116. The summed E-state index contributed by atoms with van der Waals surface area (Å²) in [6, 6.07) is 6.39. The van der Waals surface area contributed by atoms with Crippen molar-refractivity contribution in [1.29, 1.82) is 0 Å². The molecule has 0 unspecified atom stereocenters. The number of fused-ring (bicyclic) bond motifs is 1. The number of aromatic nitrogens is 2. The number of nitrogens with one attached hydrogen (secondary N) is 2. The van der Waals surface area contributed by atoms with E-state index in [1.54, 1.807) is 12.1 Å². The Morgan fingerprint density at radius 1 is 1.25 bits per heavy atom. The van der Waals surface area contributed by atoms with Gasteiger partial charge in [0.25, 0.3) is 5.56 Å². The van der Waals surface area contributed by atoms with E-state index in [-0.39, 0.29) is 35.4 Å². The van der Waals surface area contributed by atoms with Gasteiger partial charge >= 0.3 is 0 Å². The van der Waals surface area contributed by atoms with Crippen LogP contribution in [-0.2, 0) is 4.79 Å². The number of carbonyl (C=O) groups is 1. The topological polar surface area (TPSA) is 121 Å². The molecule has 1 atom stereocenters. The quantitative estimate of drug-likeness (QED) is 0.603. The minimum atomic E-state index is -0.406. The molecule has 7 nitrogen and oxygen atoms in total. The summed E-state index contributed by atoms with van der Waals surface area (Å²) in [5, 5.41) is 11.9. The van der Waals surface area contributed by atoms with Gasteiger partial charge in [0.2, 0.25) is 11.9 Å². The number of phenols is 1. The van der Waals surface area contributed by atoms with Crippen LogP contribution in [0.5, 0.6) is 5.75 Å². The van der Waals surface area contributed by atoms with Gasteiger partial charge in [-0.05, 0) is 17.7 Å². The molecule has 1 aromatic carbocycles. The van der Waals surface area contributed by atoms with Crippen molar-refractivity contribution in [2.24, 2.45) is 0 Å². The van der Waals surface area contributed by atoms with Gasteiger partial charge in [0, 0.05) is 12.3 Å². The van der Waals surface area contributed by atoms with Gasteiger partial charge in [-0.25, -0.2) is 0 Å². The van der Waals surface area contributed by atoms with Crippen LogP contribution in [0.4, 0.5) is 11.8 Å². The van der Waals surface area contributed by atoms with Crippen LogP contribution in [0, 0.1) is 0 Å². The van der Waals surface area contributed by atoms with Gasteiger partial charge in [0.1, 0.15) is 11.6 Å². The maximum Gasteiger partial charge on any atom is 0.258 e. The number of nitrogens with two attached hydrogens (primary N) is 1. The molecule has 7 heteroatoms. The molecule has 102 valence electrons. The third kappa shape index (κ3) is 1.99. The number of amides is 1. The lowest BCUT2D eigenvalue weighted by Gasteiger charge is -2.24. The van der Waals surface area contributed by atoms with E-state index in [4.69, 9.17) is 5.73 Å². The van der Waals surface area contributed by atoms with Gasteiger partial charge in [-0.3, -0.25) is 14.6 Å². The number of H-pyrrole nitrogens is 1. The second kappa shape index (κ2) is 4.37. The molecule has 3 rings (SSSR count). The Bertz CT molecular complexity index is 736. The molecule has 0 bridgehead atoms. The third-order valence-corrected chi connectivity index (χ3v) is 3.26. The van der Waals surface area contributed by atoms with Crippen LogP contribution in [0.2, 0.25) is 0 Å². The van der Waals surface area contributed by atoms with E-state index in [0.717, 1.165) is 5.56 Å². The van der Waals surface area contributed by atoms with Crippen LogP contribution in [0.25, 0.3) is 0 Å². The molecule has 1 amide bonds. The Morgan fingerprint density at radius 2 is 1.95 bits per heavy atom. The zero-order valence-electron chi connectivity index (χ0n) is 10.4. The first kappa shape index (κ1) is 12.2. The molecule has 1 aliphatic rings. The van der Waals surface area contributed by atoms with E-state index >= 15 is 0 Å². The zero-order chi connectivity index (χ0) is 14.3. The predicted molar refractivity (Wildman–Crippen MR) is 72.5 cm³/mol. The first-order valence-corrected chi connectivity index (χ1v) is 6.03. The van der Waals surface area contributed by atoms with E-state index in [9.17, 15) is 14.7 Å². The van der Waals surface area contributed by atoms with Crippen LogP contribution >= 0.6 is 0 Å². The highest BCUT2D eigenvalue weighted by atomic mass is 16.3. The smallest absolute Gasteiger partial charge is 0.258 e. The van der Waals surface area contributed by atoms with Crippen molar-refractivity contribution in [3.63, 3.8) is 0 Å². The number of aromatic hydroxyl groups is 1. The first-order valence-electron chi connectivity index (χ1n) is 6.03. The largest absolute Gasteiger partial charge is 0.508 e. The van der Waals surface area contributed by atoms with Crippen LogP contribution in [0.1, 0.15) is 23.5 Å². The molecule has 2 heterocycles. The van der Waals surface area contributed by atoms with E-state index in [1.165, 1.54) is 12.1 Å². The standard InChI is InChI=1S/C13H12N4O3/c14-13-16-11-10(12(20)17-13)8(5-9(19)15-11)6-1-3-7(18)4-2-6/h1-4,8,18H,5H2,(H4,14,15,16,17,19,20)/t8-/m1/s1. The number of rotatable bonds is 1. The second-order valence-corrected chi connectivity index (χ2v) is 4.61. The lowest BCUT2D eigenvalue weighted by atomic mass is 9.87. The number of benzene rings is 1. The highest BCUT2D eigenvalue weighted by Crippen LogP contribution is 2.34. The number of anilines is 2. The molecular weight excluding hydrogens is 260 g/mol. The average Bonchev–Trinajstić information content (AvgIpc) is 2.37. The van der Waals surface area contributed by atoms with Crippen molar-refractivity contribution in [3.05, 3.63) is 45.7 Å². The van der Waals surface area contributed by atoms with Crippen LogP contribution < -0.4 is 16.6 Å². The number of aromatic amines is 1. The van der Waals surface area contributed by atoms with Crippen molar-refractivity contribution >= 4 is 17.7 Å². The lowest BCUT2D eigenvalue weighted by Crippen LogP contribution is -2.31. The second-order valence-electron chi connectivity index (χ2n) is 4.61. The predicted octanol–water partition coefficient (Wildman–Crippen LogP) is 0.532. The number of hydrogen-bond acceptors (Lipinski definition) is 5. The molecule has 0 saturated heterocycles. The minimum Gasteiger partial charge on any atom is -0.508 e. The summed E-state index contributed by atoms with van der Waals surface area (Å²) in [6.07, 6.45) is 0.145. The summed E-state index contributed by atoms with van der Waals surface area (Å²) in [5.41, 5.74) is 6.25. The van der Waals surface area contributed by atoms with Gasteiger partial charge in [0.05, 0.1) is 5.56 Å². The fraction of sp³-hybridized carbons (Fsp3) is 0.154. The summed E-state index contributed by atoms with van der Waals surface area (Å²) in [7, 11) is 0. The monoisotopic (exact) mass is 272 g/mol. The van der Waals surface area contributed by atoms with Crippen LogP contribution in [0.15, 0.2) is 29.1 Å². The first-order chi connectivity index (χ1) is 9.54.